The lowest BCUT2D eigenvalue weighted by Crippen LogP contribution is -2.29. The summed E-state index contributed by atoms with van der Waals surface area (Å²) in [6.07, 6.45) is 0.194. The van der Waals surface area contributed by atoms with Gasteiger partial charge in [0.2, 0.25) is 0 Å². The molecule has 0 heterocycles. The average molecular weight is 273 g/mol. The third-order valence-electron chi connectivity index (χ3n) is 2.50. The fraction of sp³-hybridized carbons (Fsp3) is 0.333. The minimum absolute atomic E-state index is 0.194. The van der Waals surface area contributed by atoms with Gasteiger partial charge >= 0.3 is 11.9 Å². The van der Waals surface area contributed by atoms with Crippen molar-refractivity contribution in [3.63, 3.8) is 0 Å². The zero-order valence-corrected chi connectivity index (χ0v) is 10.4. The number of aliphatic carboxylic acids is 1. The fourth-order valence-electron chi connectivity index (χ4n) is 1.45. The molecule has 0 aliphatic heterocycles. The van der Waals surface area contributed by atoms with Gasteiger partial charge in [0.15, 0.2) is 0 Å². The first-order valence-electron chi connectivity index (χ1n) is 5.47. The number of esters is 1. The van der Waals surface area contributed by atoms with Crippen LogP contribution in [0.15, 0.2) is 12.1 Å². The van der Waals surface area contributed by atoms with Crippen molar-refractivity contribution in [2.45, 2.75) is 19.4 Å². The molecule has 19 heavy (non-hydrogen) atoms. The number of anilines is 1. The van der Waals surface area contributed by atoms with E-state index in [1.54, 1.807) is 6.92 Å². The maximum atomic E-state index is 13.5. The molecule has 0 bridgehead atoms. The lowest BCUT2D eigenvalue weighted by atomic mass is 10.1. The van der Waals surface area contributed by atoms with E-state index in [1.807, 2.05) is 0 Å². The van der Waals surface area contributed by atoms with Crippen molar-refractivity contribution in [2.24, 2.45) is 0 Å². The lowest BCUT2D eigenvalue weighted by Gasteiger charge is -2.15. The lowest BCUT2D eigenvalue weighted by molar-refractivity contribution is -0.137. The van der Waals surface area contributed by atoms with E-state index in [4.69, 9.17) is 5.11 Å². The highest BCUT2D eigenvalue weighted by atomic mass is 19.1. The van der Waals surface area contributed by atoms with Crippen LogP contribution in [0.4, 0.5) is 14.5 Å². The Kier molecular flexibility index (Phi) is 4.80. The number of ether oxygens (including phenoxy) is 1. The van der Waals surface area contributed by atoms with Crippen LogP contribution in [0, 0.1) is 11.6 Å². The number of nitrogens with one attached hydrogen (secondary N) is 1. The van der Waals surface area contributed by atoms with E-state index >= 15 is 0 Å². The highest BCUT2D eigenvalue weighted by Gasteiger charge is 2.20. The van der Waals surface area contributed by atoms with Crippen LogP contribution >= 0.6 is 0 Å². The van der Waals surface area contributed by atoms with Crippen molar-refractivity contribution in [1.29, 1.82) is 0 Å². The minimum atomic E-state index is -1.18. The van der Waals surface area contributed by atoms with E-state index in [0.717, 1.165) is 13.2 Å². The van der Waals surface area contributed by atoms with Crippen LogP contribution in [0.1, 0.15) is 23.7 Å². The van der Waals surface area contributed by atoms with Crippen LogP contribution < -0.4 is 5.32 Å². The van der Waals surface area contributed by atoms with Gasteiger partial charge in [-0.15, -0.1) is 0 Å². The molecule has 0 fully saturated rings. The molecule has 0 saturated heterocycles. The Labute approximate surface area is 108 Å². The third kappa shape index (κ3) is 3.40. The predicted octanol–water partition coefficient (Wildman–Crippen LogP) is 2.03. The summed E-state index contributed by atoms with van der Waals surface area (Å²) in [7, 11) is 1.06. The van der Waals surface area contributed by atoms with Gasteiger partial charge in [0.1, 0.15) is 17.7 Å². The average Bonchev–Trinajstić information content (AvgIpc) is 2.36. The molecule has 5 nitrogen and oxygen atoms in total. The molecular weight excluding hydrogens is 260 g/mol. The van der Waals surface area contributed by atoms with Crippen LogP contribution in [0.5, 0.6) is 0 Å². The molecule has 0 aliphatic carbocycles. The number of carboxylic acid groups (broad SMARTS) is 1. The summed E-state index contributed by atoms with van der Waals surface area (Å²) in [4.78, 5) is 22.1. The summed E-state index contributed by atoms with van der Waals surface area (Å²) >= 11 is 0. The van der Waals surface area contributed by atoms with Crippen LogP contribution in [0.3, 0.4) is 0 Å². The molecule has 1 atom stereocenters. The van der Waals surface area contributed by atoms with Crippen LogP contribution in [-0.2, 0) is 9.53 Å². The van der Waals surface area contributed by atoms with Crippen molar-refractivity contribution in [2.75, 3.05) is 12.4 Å². The van der Waals surface area contributed by atoms with Gasteiger partial charge in [-0.2, -0.15) is 0 Å². The SMILES string of the molecule is CCC(Nc1cc(C(=O)OC)c(F)cc1F)C(=O)O. The molecule has 0 amide bonds. The van der Waals surface area contributed by atoms with Gasteiger partial charge in [-0.3, -0.25) is 0 Å². The van der Waals surface area contributed by atoms with Crippen molar-refractivity contribution >= 4 is 17.6 Å². The Bertz CT molecular complexity index is 505. The highest BCUT2D eigenvalue weighted by molar-refractivity contribution is 5.91. The minimum Gasteiger partial charge on any atom is -0.480 e. The van der Waals surface area contributed by atoms with Crippen molar-refractivity contribution in [3.05, 3.63) is 29.3 Å². The third-order valence-corrected chi connectivity index (χ3v) is 2.50. The van der Waals surface area contributed by atoms with Gasteiger partial charge < -0.3 is 15.2 Å². The van der Waals surface area contributed by atoms with Crippen molar-refractivity contribution in [3.8, 4) is 0 Å². The van der Waals surface area contributed by atoms with E-state index < -0.39 is 35.2 Å². The number of carbonyl (C=O) groups is 2. The Morgan fingerprint density at radius 3 is 2.47 bits per heavy atom. The van der Waals surface area contributed by atoms with Gasteiger partial charge in [-0.1, -0.05) is 6.92 Å². The van der Waals surface area contributed by atoms with E-state index in [1.165, 1.54) is 0 Å². The second-order valence-corrected chi connectivity index (χ2v) is 3.75. The molecule has 0 radical (unpaired) electrons. The Morgan fingerprint density at radius 2 is 2.00 bits per heavy atom. The molecule has 0 saturated carbocycles. The first-order chi connectivity index (χ1) is 8.90. The highest BCUT2D eigenvalue weighted by Crippen LogP contribution is 2.21. The standard InChI is InChI=1S/C12H13F2NO4/c1-3-9(11(16)17)15-10-4-6(12(18)19-2)7(13)5-8(10)14/h4-5,9,15H,3H2,1-2H3,(H,16,17). The molecule has 1 rings (SSSR count). The summed E-state index contributed by atoms with van der Waals surface area (Å²) in [5, 5.41) is 11.2. The number of rotatable bonds is 5. The number of methoxy groups -OCH3 is 1. The summed E-state index contributed by atoms with van der Waals surface area (Å²) in [6, 6.07) is 0.357. The second kappa shape index (κ2) is 6.12. The molecule has 0 aromatic heterocycles. The Morgan fingerprint density at radius 1 is 1.37 bits per heavy atom. The zero-order valence-electron chi connectivity index (χ0n) is 10.4. The van der Waals surface area contributed by atoms with Crippen LogP contribution in [-0.4, -0.2) is 30.2 Å². The van der Waals surface area contributed by atoms with Crippen LogP contribution in [0.2, 0.25) is 0 Å². The van der Waals surface area contributed by atoms with Gasteiger partial charge in [-0.05, 0) is 12.5 Å². The molecule has 7 heteroatoms. The van der Waals surface area contributed by atoms with Crippen molar-refractivity contribution < 1.29 is 28.2 Å². The van der Waals surface area contributed by atoms with E-state index in [-0.39, 0.29) is 12.1 Å². The zero-order chi connectivity index (χ0) is 14.6. The molecule has 104 valence electrons. The number of carbonyl (C=O) groups excluding carboxylic acids is 1. The number of carboxylic acids is 1. The fourth-order valence-corrected chi connectivity index (χ4v) is 1.45. The summed E-state index contributed by atoms with van der Waals surface area (Å²) in [6.45, 7) is 1.59. The summed E-state index contributed by atoms with van der Waals surface area (Å²) in [5.74, 6) is -4.20. The summed E-state index contributed by atoms with van der Waals surface area (Å²) < 4.78 is 31.2. The monoisotopic (exact) mass is 273 g/mol. The van der Waals surface area contributed by atoms with E-state index in [9.17, 15) is 18.4 Å². The van der Waals surface area contributed by atoms with Crippen LogP contribution in [0.25, 0.3) is 0 Å². The quantitative estimate of drug-likeness (QED) is 0.803. The number of benzene rings is 1. The Hall–Kier alpha value is -2.18. The normalized spacial score (nSPS) is 11.8. The molecule has 1 aromatic rings. The van der Waals surface area contributed by atoms with Crippen molar-refractivity contribution in [1.82, 2.24) is 0 Å². The Balaban J connectivity index is 3.14. The number of hydrogen-bond acceptors (Lipinski definition) is 4. The second-order valence-electron chi connectivity index (χ2n) is 3.75. The smallest absolute Gasteiger partial charge is 0.340 e. The van der Waals surface area contributed by atoms with E-state index in [0.29, 0.717) is 6.07 Å². The van der Waals surface area contributed by atoms with Gasteiger partial charge in [0, 0.05) is 6.07 Å². The number of hydrogen-bond donors (Lipinski definition) is 2. The number of halogens is 2. The topological polar surface area (TPSA) is 75.6 Å². The van der Waals surface area contributed by atoms with Gasteiger partial charge in [-0.25, -0.2) is 18.4 Å². The molecule has 0 aliphatic rings. The van der Waals surface area contributed by atoms with Gasteiger partial charge in [0.25, 0.3) is 0 Å². The molecular formula is C12H13F2NO4. The molecule has 1 aromatic carbocycles. The van der Waals surface area contributed by atoms with E-state index in [2.05, 4.69) is 10.1 Å². The predicted molar refractivity (Wildman–Crippen MR) is 63.0 cm³/mol. The molecule has 1 unspecified atom stereocenters. The maximum Gasteiger partial charge on any atom is 0.340 e. The summed E-state index contributed by atoms with van der Waals surface area (Å²) in [5.41, 5.74) is -0.734. The maximum absolute atomic E-state index is 13.5. The first kappa shape index (κ1) is 14.9. The largest absolute Gasteiger partial charge is 0.480 e. The van der Waals surface area contributed by atoms with Gasteiger partial charge in [0.05, 0.1) is 18.4 Å². The first-order valence-corrected chi connectivity index (χ1v) is 5.47. The molecule has 2 N–H and O–H groups in total. The molecule has 0 spiro atoms.